The Balaban J connectivity index is 1.56. The summed E-state index contributed by atoms with van der Waals surface area (Å²) in [7, 11) is 0. The van der Waals surface area contributed by atoms with Crippen LogP contribution in [0.1, 0.15) is 54.9 Å². The topological polar surface area (TPSA) is 69.0 Å². The Hall–Kier alpha value is -2.21. The lowest BCUT2D eigenvalue weighted by molar-refractivity contribution is -0.119. The molecule has 0 bridgehead atoms. The first kappa shape index (κ1) is 16.3. The molecule has 1 aromatic heterocycles. The Morgan fingerprint density at radius 3 is 2.68 bits per heavy atom. The Morgan fingerprint density at radius 2 is 1.96 bits per heavy atom. The molecule has 1 atom stereocenters. The van der Waals surface area contributed by atoms with Crippen LogP contribution >= 0.6 is 0 Å². The van der Waals surface area contributed by atoms with Gasteiger partial charge in [0.15, 0.2) is 5.82 Å². The van der Waals surface area contributed by atoms with E-state index in [4.69, 9.17) is 14.8 Å². The van der Waals surface area contributed by atoms with E-state index in [1.54, 1.807) is 0 Å². The number of carbonyl (C=O) groups excluding carboxylic acids is 1. The van der Waals surface area contributed by atoms with Gasteiger partial charge in [-0.25, -0.2) is 9.67 Å². The number of hydrogen-bond donors (Lipinski definition) is 1. The fourth-order valence-corrected chi connectivity index (χ4v) is 3.61. The maximum absolute atomic E-state index is 11.6. The molecule has 2 aliphatic heterocycles. The summed E-state index contributed by atoms with van der Waals surface area (Å²) in [5.41, 5.74) is 1.28. The van der Waals surface area contributed by atoms with Gasteiger partial charge in [0.05, 0.1) is 6.04 Å². The van der Waals surface area contributed by atoms with E-state index in [9.17, 15) is 4.79 Å². The minimum Gasteiger partial charge on any atom is -0.381 e. The predicted octanol–water partition coefficient (Wildman–Crippen LogP) is 2.37. The molecule has 0 spiro atoms. The lowest BCUT2D eigenvalue weighted by Gasteiger charge is -2.18. The molecule has 25 heavy (non-hydrogen) atoms. The number of hydrogen-bond acceptors (Lipinski definition) is 4. The molecular weight excluding hydrogens is 316 g/mol. The van der Waals surface area contributed by atoms with Crippen molar-refractivity contribution in [2.75, 3.05) is 13.2 Å². The average Bonchev–Trinajstić information content (AvgIpc) is 3.28. The molecule has 0 radical (unpaired) electrons. The molecule has 1 N–H and O–H groups in total. The number of rotatable bonds is 5. The summed E-state index contributed by atoms with van der Waals surface area (Å²) in [5, 5.41) is 7.86. The van der Waals surface area contributed by atoms with Gasteiger partial charge in [0.25, 0.3) is 0 Å². The van der Waals surface area contributed by atoms with Gasteiger partial charge in [-0.15, -0.1) is 0 Å². The van der Waals surface area contributed by atoms with E-state index in [1.807, 2.05) is 10.7 Å². The van der Waals surface area contributed by atoms with Crippen molar-refractivity contribution in [3.63, 3.8) is 0 Å². The molecule has 3 heterocycles. The molecule has 4 rings (SSSR count). The minimum absolute atomic E-state index is 0.00985. The van der Waals surface area contributed by atoms with E-state index in [2.05, 4.69) is 29.6 Å². The summed E-state index contributed by atoms with van der Waals surface area (Å²) in [6.07, 6.45) is 4.22. The molecule has 1 aromatic carbocycles. The van der Waals surface area contributed by atoms with Crippen molar-refractivity contribution in [2.24, 2.45) is 0 Å². The van der Waals surface area contributed by atoms with E-state index in [0.717, 1.165) is 57.1 Å². The lowest BCUT2D eigenvalue weighted by atomic mass is 10.00. The maximum Gasteiger partial charge on any atom is 0.220 e. The highest BCUT2D eigenvalue weighted by Crippen LogP contribution is 2.28. The first-order valence-corrected chi connectivity index (χ1v) is 9.15. The number of aryl methyl sites for hydroxylation is 2. The van der Waals surface area contributed by atoms with Crippen LogP contribution in [-0.4, -0.2) is 33.9 Å². The van der Waals surface area contributed by atoms with Crippen molar-refractivity contribution < 1.29 is 9.53 Å². The third kappa shape index (κ3) is 3.74. The third-order valence-corrected chi connectivity index (χ3v) is 5.07. The molecule has 0 unspecified atom stereocenters. The SMILES string of the molecule is O=C1CC[C@@H](c2nc(C3CCOCC3)nn2CCc2ccccc2)N1. The van der Waals surface area contributed by atoms with Gasteiger partial charge in [-0.3, -0.25) is 4.79 Å². The van der Waals surface area contributed by atoms with Crippen molar-refractivity contribution in [1.29, 1.82) is 0 Å². The van der Waals surface area contributed by atoms with Gasteiger partial charge in [0, 0.05) is 32.1 Å². The highest BCUT2D eigenvalue weighted by molar-refractivity contribution is 5.78. The van der Waals surface area contributed by atoms with Gasteiger partial charge in [-0.2, -0.15) is 5.10 Å². The van der Waals surface area contributed by atoms with Gasteiger partial charge < -0.3 is 10.1 Å². The normalized spacial score (nSPS) is 21.4. The molecule has 2 aromatic rings. The van der Waals surface area contributed by atoms with Crippen molar-refractivity contribution in [3.05, 3.63) is 47.5 Å². The van der Waals surface area contributed by atoms with Crippen molar-refractivity contribution in [3.8, 4) is 0 Å². The van der Waals surface area contributed by atoms with Crippen molar-refractivity contribution >= 4 is 5.91 Å². The largest absolute Gasteiger partial charge is 0.381 e. The smallest absolute Gasteiger partial charge is 0.220 e. The molecule has 1 amide bonds. The van der Waals surface area contributed by atoms with Crippen molar-refractivity contribution in [2.45, 2.75) is 50.6 Å². The van der Waals surface area contributed by atoms with E-state index >= 15 is 0 Å². The average molecular weight is 340 g/mol. The van der Waals surface area contributed by atoms with E-state index < -0.39 is 0 Å². The molecule has 0 saturated carbocycles. The molecule has 0 aliphatic carbocycles. The second-order valence-electron chi connectivity index (χ2n) is 6.83. The zero-order valence-electron chi connectivity index (χ0n) is 14.4. The number of nitrogens with zero attached hydrogens (tertiary/aromatic N) is 3. The molecule has 6 heteroatoms. The number of aromatic nitrogens is 3. The number of carbonyl (C=O) groups is 1. The molecule has 2 saturated heterocycles. The number of ether oxygens (including phenoxy) is 1. The quantitative estimate of drug-likeness (QED) is 0.907. The number of amides is 1. The van der Waals surface area contributed by atoms with Crippen LogP contribution in [0.25, 0.3) is 0 Å². The van der Waals surface area contributed by atoms with Crippen LogP contribution in [0.5, 0.6) is 0 Å². The molecule has 2 aliphatic rings. The van der Waals surface area contributed by atoms with Crippen molar-refractivity contribution in [1.82, 2.24) is 20.1 Å². The maximum atomic E-state index is 11.6. The molecular formula is C19H24N4O2. The Labute approximate surface area is 147 Å². The Bertz CT molecular complexity index is 722. The van der Waals surface area contributed by atoms with Gasteiger partial charge in [0.2, 0.25) is 5.91 Å². The summed E-state index contributed by atoms with van der Waals surface area (Å²) >= 11 is 0. The third-order valence-electron chi connectivity index (χ3n) is 5.07. The number of benzene rings is 1. The molecule has 6 nitrogen and oxygen atoms in total. The van der Waals surface area contributed by atoms with Gasteiger partial charge in [0.1, 0.15) is 5.82 Å². The van der Waals surface area contributed by atoms with E-state index in [0.29, 0.717) is 12.3 Å². The first-order chi connectivity index (χ1) is 12.3. The Morgan fingerprint density at radius 1 is 1.16 bits per heavy atom. The van der Waals surface area contributed by atoms with E-state index in [-0.39, 0.29) is 11.9 Å². The van der Waals surface area contributed by atoms with Crippen LogP contribution in [0.2, 0.25) is 0 Å². The molecule has 2 fully saturated rings. The van der Waals surface area contributed by atoms with Crippen LogP contribution in [0.15, 0.2) is 30.3 Å². The van der Waals surface area contributed by atoms with Gasteiger partial charge in [-0.05, 0) is 31.2 Å². The van der Waals surface area contributed by atoms with Gasteiger partial charge in [-0.1, -0.05) is 30.3 Å². The molecule has 132 valence electrons. The number of nitrogens with one attached hydrogen (secondary N) is 1. The highest BCUT2D eigenvalue weighted by Gasteiger charge is 2.29. The highest BCUT2D eigenvalue weighted by atomic mass is 16.5. The van der Waals surface area contributed by atoms with Crippen LogP contribution in [0.4, 0.5) is 0 Å². The van der Waals surface area contributed by atoms with Crippen LogP contribution in [0, 0.1) is 0 Å². The van der Waals surface area contributed by atoms with Gasteiger partial charge >= 0.3 is 0 Å². The standard InChI is InChI=1S/C19H24N4O2/c24-17-7-6-16(20-17)19-21-18(15-9-12-25-13-10-15)22-23(19)11-8-14-4-2-1-3-5-14/h1-5,15-16H,6-13H2,(H,20,24)/t16-/m0/s1. The Kier molecular flexibility index (Phi) is 4.78. The second-order valence-corrected chi connectivity index (χ2v) is 6.83. The summed E-state index contributed by atoms with van der Waals surface area (Å²) in [4.78, 5) is 16.5. The fourth-order valence-electron chi connectivity index (χ4n) is 3.61. The monoisotopic (exact) mass is 340 g/mol. The summed E-state index contributed by atoms with van der Waals surface area (Å²) in [6, 6.07) is 10.4. The van der Waals surface area contributed by atoms with Crippen LogP contribution in [-0.2, 0) is 22.5 Å². The predicted molar refractivity (Wildman–Crippen MR) is 93.1 cm³/mol. The summed E-state index contributed by atoms with van der Waals surface area (Å²) in [6.45, 7) is 2.33. The summed E-state index contributed by atoms with van der Waals surface area (Å²) < 4.78 is 7.47. The van der Waals surface area contributed by atoms with Crippen LogP contribution < -0.4 is 5.32 Å². The zero-order chi connectivity index (χ0) is 17.1. The summed E-state index contributed by atoms with van der Waals surface area (Å²) in [5.74, 6) is 2.29. The second kappa shape index (κ2) is 7.35. The first-order valence-electron chi connectivity index (χ1n) is 9.15. The lowest BCUT2D eigenvalue weighted by Crippen LogP contribution is -2.22. The minimum atomic E-state index is -0.00985. The fraction of sp³-hybridized carbons (Fsp3) is 0.526. The zero-order valence-corrected chi connectivity index (χ0v) is 14.4. The van der Waals surface area contributed by atoms with E-state index in [1.165, 1.54) is 5.56 Å². The van der Waals surface area contributed by atoms with Crippen LogP contribution in [0.3, 0.4) is 0 Å².